The van der Waals surface area contributed by atoms with Crippen molar-refractivity contribution in [1.29, 1.82) is 0 Å². The quantitative estimate of drug-likeness (QED) is 0.811. The summed E-state index contributed by atoms with van der Waals surface area (Å²) in [6.07, 6.45) is 0. The maximum absolute atomic E-state index is 11.4. The number of aryl methyl sites for hydroxylation is 1. The van der Waals surface area contributed by atoms with Crippen molar-refractivity contribution in [2.75, 3.05) is 13.2 Å². The number of rotatable bonds is 5. The van der Waals surface area contributed by atoms with Crippen LogP contribution in [0.15, 0.2) is 18.2 Å². The largest absolute Gasteiger partial charge is 0.494 e. The van der Waals surface area contributed by atoms with E-state index in [2.05, 4.69) is 10.2 Å². The molecule has 4 heteroatoms. The van der Waals surface area contributed by atoms with Gasteiger partial charge in [-0.15, -0.1) is 0 Å². The van der Waals surface area contributed by atoms with E-state index in [-0.39, 0.29) is 18.5 Å². The Hall–Kier alpha value is -2.02. The highest BCUT2D eigenvalue weighted by atomic mass is 16.5. The number of nitrogens with one attached hydrogen (secondary N) is 1. The number of amides is 1. The highest BCUT2D eigenvalue weighted by Gasteiger charge is 2.15. The molecule has 1 unspecified atom stereocenters. The van der Waals surface area contributed by atoms with Gasteiger partial charge in [0.2, 0.25) is 0 Å². The number of carbonyl (C=O) groups excluding carboxylic acids is 1. The van der Waals surface area contributed by atoms with Crippen molar-refractivity contribution < 1.29 is 9.53 Å². The maximum Gasteiger partial charge on any atom is 0.300 e. The SMILES string of the molecule is [C-]#[N+]CC(=O)NC(C)c1cc(C)ccc1OCC. The normalized spacial score (nSPS) is 11.4. The smallest absolute Gasteiger partial charge is 0.300 e. The topological polar surface area (TPSA) is 42.7 Å². The van der Waals surface area contributed by atoms with Gasteiger partial charge < -0.3 is 14.9 Å². The van der Waals surface area contributed by atoms with Gasteiger partial charge in [0.15, 0.2) is 0 Å². The molecule has 18 heavy (non-hydrogen) atoms. The first-order valence-electron chi connectivity index (χ1n) is 5.94. The molecule has 1 amide bonds. The van der Waals surface area contributed by atoms with E-state index in [9.17, 15) is 4.79 Å². The average Bonchev–Trinajstić information content (AvgIpc) is 2.32. The predicted molar refractivity (Wildman–Crippen MR) is 70.4 cm³/mol. The molecule has 0 spiro atoms. The lowest BCUT2D eigenvalue weighted by atomic mass is 10.0. The second-order valence-electron chi connectivity index (χ2n) is 4.08. The van der Waals surface area contributed by atoms with Crippen molar-refractivity contribution in [3.63, 3.8) is 0 Å². The molecule has 4 nitrogen and oxygen atoms in total. The molecular formula is C14H18N2O2. The van der Waals surface area contributed by atoms with Crippen LogP contribution in [0.5, 0.6) is 5.75 Å². The Morgan fingerprint density at radius 2 is 2.28 bits per heavy atom. The number of benzene rings is 1. The summed E-state index contributed by atoms with van der Waals surface area (Å²) >= 11 is 0. The lowest BCUT2D eigenvalue weighted by Crippen LogP contribution is -2.28. The summed E-state index contributed by atoms with van der Waals surface area (Å²) in [5.41, 5.74) is 2.05. The molecule has 1 aromatic rings. The van der Waals surface area contributed by atoms with Crippen LogP contribution in [0, 0.1) is 13.5 Å². The van der Waals surface area contributed by atoms with E-state index >= 15 is 0 Å². The lowest BCUT2D eigenvalue weighted by Gasteiger charge is -2.17. The highest BCUT2D eigenvalue weighted by Crippen LogP contribution is 2.26. The van der Waals surface area contributed by atoms with E-state index in [1.54, 1.807) is 0 Å². The Kier molecular flexibility index (Phi) is 5.19. The molecule has 0 aliphatic rings. The maximum atomic E-state index is 11.4. The third kappa shape index (κ3) is 3.77. The zero-order valence-corrected chi connectivity index (χ0v) is 11.0. The van der Waals surface area contributed by atoms with Gasteiger partial charge in [-0.3, -0.25) is 4.79 Å². The number of ether oxygens (including phenoxy) is 1. The van der Waals surface area contributed by atoms with E-state index < -0.39 is 0 Å². The standard InChI is InChI=1S/C14H18N2O2/c1-5-18-13-7-6-10(2)8-12(13)11(3)16-14(17)9-15-4/h6-8,11H,5,9H2,1-3H3,(H,16,17). The second kappa shape index (κ2) is 6.65. The van der Waals surface area contributed by atoms with E-state index in [1.165, 1.54) is 0 Å². The molecule has 96 valence electrons. The number of nitrogens with zero attached hydrogens (tertiary/aromatic N) is 1. The summed E-state index contributed by atoms with van der Waals surface area (Å²) in [5, 5.41) is 2.79. The summed E-state index contributed by atoms with van der Waals surface area (Å²) in [6.45, 7) is 12.9. The van der Waals surface area contributed by atoms with Gasteiger partial charge in [0.25, 0.3) is 6.54 Å². The number of hydrogen-bond acceptors (Lipinski definition) is 2. The van der Waals surface area contributed by atoms with Gasteiger partial charge in [0.05, 0.1) is 12.6 Å². The summed E-state index contributed by atoms with van der Waals surface area (Å²) in [6, 6.07) is 5.71. The fraction of sp³-hybridized carbons (Fsp3) is 0.429. The van der Waals surface area contributed by atoms with Gasteiger partial charge in [-0.1, -0.05) is 17.7 Å². The van der Waals surface area contributed by atoms with Gasteiger partial charge in [-0.25, -0.2) is 6.57 Å². The highest BCUT2D eigenvalue weighted by molar-refractivity contribution is 5.80. The molecule has 1 N–H and O–H groups in total. The molecule has 0 heterocycles. The molecule has 0 radical (unpaired) electrons. The molecule has 0 saturated heterocycles. The van der Waals surface area contributed by atoms with Crippen LogP contribution >= 0.6 is 0 Å². The van der Waals surface area contributed by atoms with Gasteiger partial charge in [0.1, 0.15) is 5.75 Å². The molecule has 1 aromatic carbocycles. The zero-order valence-electron chi connectivity index (χ0n) is 11.0. The number of carbonyl (C=O) groups is 1. The molecule has 0 aromatic heterocycles. The Bertz CT molecular complexity index is 463. The summed E-state index contributed by atoms with van der Waals surface area (Å²) in [7, 11) is 0. The van der Waals surface area contributed by atoms with Crippen LogP contribution in [0.25, 0.3) is 4.85 Å². The van der Waals surface area contributed by atoms with Gasteiger partial charge in [0, 0.05) is 5.56 Å². The van der Waals surface area contributed by atoms with Crippen LogP contribution in [0.2, 0.25) is 0 Å². The molecule has 1 atom stereocenters. The van der Waals surface area contributed by atoms with Crippen molar-refractivity contribution >= 4 is 5.91 Å². The van der Waals surface area contributed by atoms with Gasteiger partial charge >= 0.3 is 5.91 Å². The fourth-order valence-electron chi connectivity index (χ4n) is 1.73. The van der Waals surface area contributed by atoms with Gasteiger partial charge in [-0.2, -0.15) is 0 Å². The van der Waals surface area contributed by atoms with Crippen LogP contribution in [0.4, 0.5) is 0 Å². The third-order valence-corrected chi connectivity index (χ3v) is 2.53. The summed E-state index contributed by atoms with van der Waals surface area (Å²) in [5.74, 6) is 0.514. The van der Waals surface area contributed by atoms with Crippen LogP contribution in [0.3, 0.4) is 0 Å². The van der Waals surface area contributed by atoms with Crippen LogP contribution in [-0.2, 0) is 4.79 Å². The Morgan fingerprint density at radius 3 is 2.89 bits per heavy atom. The van der Waals surface area contributed by atoms with Crippen LogP contribution in [0.1, 0.15) is 31.0 Å². The van der Waals surface area contributed by atoms with E-state index in [4.69, 9.17) is 11.3 Å². The van der Waals surface area contributed by atoms with Crippen molar-refractivity contribution in [1.82, 2.24) is 5.32 Å². The summed E-state index contributed by atoms with van der Waals surface area (Å²) in [4.78, 5) is 14.5. The molecule has 0 saturated carbocycles. The van der Waals surface area contributed by atoms with Crippen LogP contribution in [-0.4, -0.2) is 19.1 Å². The average molecular weight is 246 g/mol. The second-order valence-corrected chi connectivity index (χ2v) is 4.08. The minimum absolute atomic E-state index is 0.139. The molecule has 0 fully saturated rings. The monoisotopic (exact) mass is 246 g/mol. The van der Waals surface area contributed by atoms with Crippen molar-refractivity contribution in [3.05, 3.63) is 40.7 Å². The molecule has 1 rings (SSSR count). The Labute approximate surface area is 108 Å². The molecule has 0 bridgehead atoms. The first kappa shape index (κ1) is 14.0. The Morgan fingerprint density at radius 1 is 1.56 bits per heavy atom. The van der Waals surface area contributed by atoms with Crippen molar-refractivity contribution in [2.24, 2.45) is 0 Å². The first-order chi connectivity index (χ1) is 8.58. The molecule has 0 aliphatic heterocycles. The van der Waals surface area contributed by atoms with E-state index in [0.717, 1.165) is 16.9 Å². The molecular weight excluding hydrogens is 228 g/mol. The Balaban J connectivity index is 2.89. The minimum atomic E-state index is -0.263. The number of hydrogen-bond donors (Lipinski definition) is 1. The molecule has 0 aliphatic carbocycles. The van der Waals surface area contributed by atoms with Crippen molar-refractivity contribution in [3.8, 4) is 5.75 Å². The first-order valence-corrected chi connectivity index (χ1v) is 5.94. The van der Waals surface area contributed by atoms with Gasteiger partial charge in [-0.05, 0) is 26.8 Å². The predicted octanol–water partition coefficient (Wildman–Crippen LogP) is 2.49. The third-order valence-electron chi connectivity index (χ3n) is 2.53. The summed E-state index contributed by atoms with van der Waals surface area (Å²) < 4.78 is 5.54. The van der Waals surface area contributed by atoms with E-state index in [1.807, 2.05) is 39.0 Å². The fourth-order valence-corrected chi connectivity index (χ4v) is 1.73. The minimum Gasteiger partial charge on any atom is -0.494 e. The van der Waals surface area contributed by atoms with E-state index in [0.29, 0.717) is 6.61 Å². The lowest BCUT2D eigenvalue weighted by molar-refractivity contribution is -0.119. The van der Waals surface area contributed by atoms with Crippen molar-refractivity contribution in [2.45, 2.75) is 26.8 Å². The van der Waals surface area contributed by atoms with Crippen LogP contribution < -0.4 is 10.1 Å². The zero-order chi connectivity index (χ0) is 13.5.